The second-order valence-corrected chi connectivity index (χ2v) is 4.41. The first kappa shape index (κ1) is 16.9. The van der Waals surface area contributed by atoms with Gasteiger partial charge in [-0.25, -0.2) is 19.2 Å². The molecule has 0 aliphatic heterocycles. The van der Waals surface area contributed by atoms with Crippen LogP contribution in [0.2, 0.25) is 0 Å². The largest absolute Gasteiger partial charge is 0.478 e. The maximum absolute atomic E-state index is 11.2. The van der Waals surface area contributed by atoms with Crippen LogP contribution in [0.1, 0.15) is 13.8 Å². The summed E-state index contributed by atoms with van der Waals surface area (Å²) in [5.74, 6) is -6.07. The van der Waals surface area contributed by atoms with Gasteiger partial charge in [-0.15, -0.1) is 0 Å². The first-order valence-corrected chi connectivity index (χ1v) is 5.87. The summed E-state index contributed by atoms with van der Waals surface area (Å²) in [5.41, 5.74) is -2.62. The molecule has 1 rings (SSSR count). The van der Waals surface area contributed by atoms with E-state index in [1.165, 1.54) is 13.8 Å². The van der Waals surface area contributed by atoms with E-state index in [0.29, 0.717) is 0 Å². The standard InChI is InChI=1S/C14H12O8/c1-5-7(11(15)16)3-9(13(19)20)6(2)10(14(21)22)4-8(5)12(17)18/h3-4H,1-2H3,(H,15,16)(H,17,18)(H,19,20)(H,21,22)/b7-3+,7-5?,8-4?,8-5+,9-3?,9-6+,10-4+,10-6?. The minimum atomic E-state index is -1.52. The van der Waals surface area contributed by atoms with E-state index in [2.05, 4.69) is 0 Å². The molecule has 0 heterocycles. The Bertz CT molecular complexity index is 653. The highest BCUT2D eigenvalue weighted by molar-refractivity contribution is 6.06. The molecule has 0 amide bonds. The molecule has 0 spiro atoms. The molecule has 8 nitrogen and oxygen atoms in total. The molecular weight excluding hydrogens is 296 g/mol. The fraction of sp³-hybridized carbons (Fsp3) is 0.143. The van der Waals surface area contributed by atoms with Crippen molar-refractivity contribution < 1.29 is 39.6 Å². The number of hydrogen-bond acceptors (Lipinski definition) is 4. The topological polar surface area (TPSA) is 149 Å². The molecule has 4 N–H and O–H groups in total. The van der Waals surface area contributed by atoms with E-state index in [9.17, 15) is 19.2 Å². The molecule has 0 saturated carbocycles. The van der Waals surface area contributed by atoms with Gasteiger partial charge < -0.3 is 20.4 Å². The zero-order valence-corrected chi connectivity index (χ0v) is 11.6. The van der Waals surface area contributed by atoms with Crippen LogP contribution in [0.4, 0.5) is 0 Å². The number of hydrogen-bond donors (Lipinski definition) is 4. The summed E-state index contributed by atoms with van der Waals surface area (Å²) in [4.78, 5) is 45.0. The predicted molar refractivity (Wildman–Crippen MR) is 72.1 cm³/mol. The van der Waals surface area contributed by atoms with E-state index >= 15 is 0 Å². The quantitative estimate of drug-likeness (QED) is 0.596. The Balaban J connectivity index is 3.90. The normalized spacial score (nSPS) is 26.8. The van der Waals surface area contributed by atoms with E-state index in [4.69, 9.17) is 20.4 Å². The monoisotopic (exact) mass is 308 g/mol. The van der Waals surface area contributed by atoms with Gasteiger partial charge in [0.15, 0.2) is 0 Å². The molecule has 1 aliphatic carbocycles. The van der Waals surface area contributed by atoms with Crippen molar-refractivity contribution in [2.45, 2.75) is 13.8 Å². The molecule has 22 heavy (non-hydrogen) atoms. The van der Waals surface area contributed by atoms with Gasteiger partial charge in [-0.1, -0.05) is 0 Å². The van der Waals surface area contributed by atoms with Gasteiger partial charge in [0.1, 0.15) is 0 Å². The second-order valence-electron chi connectivity index (χ2n) is 4.41. The van der Waals surface area contributed by atoms with E-state index in [0.717, 1.165) is 12.2 Å². The lowest BCUT2D eigenvalue weighted by molar-refractivity contribution is -0.133. The summed E-state index contributed by atoms with van der Waals surface area (Å²) < 4.78 is 0. The Labute approximate surface area is 124 Å². The lowest BCUT2D eigenvalue weighted by atomic mass is 9.90. The van der Waals surface area contributed by atoms with Crippen LogP contribution in [0.3, 0.4) is 0 Å². The fourth-order valence-corrected chi connectivity index (χ4v) is 1.90. The van der Waals surface area contributed by atoms with Crippen molar-refractivity contribution in [3.05, 3.63) is 45.6 Å². The Morgan fingerprint density at radius 1 is 0.636 bits per heavy atom. The molecule has 0 atom stereocenters. The number of carboxylic acids is 4. The first-order valence-electron chi connectivity index (χ1n) is 5.87. The van der Waals surface area contributed by atoms with Crippen molar-refractivity contribution in [2.24, 2.45) is 0 Å². The van der Waals surface area contributed by atoms with E-state index in [1.54, 1.807) is 0 Å². The number of carbonyl (C=O) groups is 4. The second kappa shape index (κ2) is 6.08. The van der Waals surface area contributed by atoms with E-state index in [-0.39, 0.29) is 11.1 Å². The van der Waals surface area contributed by atoms with Gasteiger partial charge in [-0.3, -0.25) is 0 Å². The van der Waals surface area contributed by atoms with Gasteiger partial charge in [-0.2, -0.15) is 0 Å². The van der Waals surface area contributed by atoms with Crippen LogP contribution in [0.5, 0.6) is 0 Å². The van der Waals surface area contributed by atoms with Crippen LogP contribution in [0, 0.1) is 0 Å². The van der Waals surface area contributed by atoms with Crippen molar-refractivity contribution in [2.75, 3.05) is 0 Å². The average Bonchev–Trinajstić information content (AvgIpc) is 2.35. The zero-order chi connectivity index (χ0) is 17.2. The van der Waals surface area contributed by atoms with Crippen LogP contribution >= 0.6 is 0 Å². The molecule has 0 bridgehead atoms. The van der Waals surface area contributed by atoms with Gasteiger partial charge >= 0.3 is 23.9 Å². The van der Waals surface area contributed by atoms with Crippen molar-refractivity contribution in [1.29, 1.82) is 0 Å². The third kappa shape index (κ3) is 3.11. The Hall–Kier alpha value is -3.16. The summed E-state index contributed by atoms with van der Waals surface area (Å²) in [6.45, 7) is 2.33. The summed E-state index contributed by atoms with van der Waals surface area (Å²) >= 11 is 0. The van der Waals surface area contributed by atoms with Gasteiger partial charge in [0.05, 0.1) is 22.3 Å². The molecule has 0 saturated heterocycles. The zero-order valence-electron chi connectivity index (χ0n) is 11.6. The molecule has 0 aromatic heterocycles. The maximum Gasteiger partial charge on any atom is 0.336 e. The molecule has 116 valence electrons. The van der Waals surface area contributed by atoms with Crippen LogP contribution in [0.25, 0.3) is 0 Å². The van der Waals surface area contributed by atoms with Gasteiger partial charge in [0.2, 0.25) is 0 Å². The number of carboxylic acid groups (broad SMARTS) is 4. The fourth-order valence-electron chi connectivity index (χ4n) is 1.90. The molecule has 1 aliphatic rings. The molecule has 0 radical (unpaired) electrons. The third-order valence-electron chi connectivity index (χ3n) is 3.12. The van der Waals surface area contributed by atoms with Gasteiger partial charge in [0, 0.05) is 0 Å². The van der Waals surface area contributed by atoms with Gasteiger partial charge in [-0.05, 0) is 37.1 Å². The highest BCUT2D eigenvalue weighted by atomic mass is 16.4. The molecular formula is C14H12O8. The summed E-state index contributed by atoms with van der Waals surface area (Å²) in [7, 11) is 0. The van der Waals surface area contributed by atoms with Crippen molar-refractivity contribution >= 4 is 23.9 Å². The summed E-state index contributed by atoms with van der Waals surface area (Å²) in [5, 5.41) is 36.6. The predicted octanol–water partition coefficient (Wildman–Crippen LogP) is 0.824. The number of rotatable bonds is 4. The molecule has 0 aromatic rings. The van der Waals surface area contributed by atoms with Crippen LogP contribution in [0.15, 0.2) is 45.6 Å². The molecule has 0 unspecified atom stereocenters. The third-order valence-corrected chi connectivity index (χ3v) is 3.12. The Kier molecular flexibility index (Phi) is 4.67. The lowest BCUT2D eigenvalue weighted by Gasteiger charge is -2.14. The SMILES string of the molecule is CC1=C(C(=O)O)/C=C(C(=O)O)\C(C)=C(C(=O)O)/C=C\1C(=O)O. The molecule has 0 aromatic carbocycles. The highest BCUT2D eigenvalue weighted by Gasteiger charge is 2.26. The molecule has 0 fully saturated rings. The Morgan fingerprint density at radius 2 is 0.909 bits per heavy atom. The van der Waals surface area contributed by atoms with Crippen molar-refractivity contribution in [3.63, 3.8) is 0 Å². The Morgan fingerprint density at radius 3 is 1.09 bits per heavy atom. The maximum atomic E-state index is 11.2. The van der Waals surface area contributed by atoms with E-state index < -0.39 is 46.2 Å². The van der Waals surface area contributed by atoms with Crippen molar-refractivity contribution in [1.82, 2.24) is 0 Å². The molecule has 8 heteroatoms. The minimum absolute atomic E-state index is 0.245. The van der Waals surface area contributed by atoms with Crippen LogP contribution in [-0.4, -0.2) is 44.3 Å². The summed E-state index contributed by atoms with van der Waals surface area (Å²) in [6, 6.07) is 0. The first-order chi connectivity index (χ1) is 10.1. The highest BCUT2D eigenvalue weighted by Crippen LogP contribution is 2.27. The van der Waals surface area contributed by atoms with Crippen LogP contribution < -0.4 is 0 Å². The average molecular weight is 308 g/mol. The smallest absolute Gasteiger partial charge is 0.336 e. The van der Waals surface area contributed by atoms with Gasteiger partial charge in [0.25, 0.3) is 0 Å². The van der Waals surface area contributed by atoms with Crippen molar-refractivity contribution in [3.8, 4) is 0 Å². The minimum Gasteiger partial charge on any atom is -0.478 e. The lowest BCUT2D eigenvalue weighted by Crippen LogP contribution is -2.16. The number of aliphatic carboxylic acids is 4. The van der Waals surface area contributed by atoms with Crippen LogP contribution in [-0.2, 0) is 19.2 Å². The van der Waals surface area contributed by atoms with E-state index in [1.807, 2.05) is 0 Å². The summed E-state index contributed by atoms with van der Waals surface area (Å²) in [6.07, 6.45) is 1.52.